The molecule has 0 bridgehead atoms. The van der Waals surface area contributed by atoms with Crippen molar-refractivity contribution in [2.45, 2.75) is 63.6 Å². The second kappa shape index (κ2) is 13.0. The number of piperazine rings is 1. The van der Waals surface area contributed by atoms with E-state index in [2.05, 4.69) is 21.6 Å². The van der Waals surface area contributed by atoms with Crippen LogP contribution >= 0.6 is 0 Å². The Morgan fingerprint density at radius 3 is 2.56 bits per heavy atom. The molecule has 3 amide bonds. The summed E-state index contributed by atoms with van der Waals surface area (Å²) in [4.78, 5) is 48.1. The molecule has 9 heteroatoms. The number of benzene rings is 2. The van der Waals surface area contributed by atoms with Crippen LogP contribution in [0.3, 0.4) is 0 Å². The highest BCUT2D eigenvalue weighted by molar-refractivity contribution is 6.00. The van der Waals surface area contributed by atoms with Gasteiger partial charge in [0.1, 0.15) is 24.0 Å². The average Bonchev–Trinajstić information content (AvgIpc) is 3.01. The van der Waals surface area contributed by atoms with E-state index in [1.165, 1.54) is 0 Å². The lowest BCUT2D eigenvalue weighted by Crippen LogP contribution is -2.73. The molecule has 2 aliphatic heterocycles. The number of alkyl carbamates (subject to hydrolysis) is 1. The van der Waals surface area contributed by atoms with Crippen LogP contribution < -0.4 is 15.5 Å². The summed E-state index contributed by atoms with van der Waals surface area (Å²) in [6, 6.07) is 21.1. The van der Waals surface area contributed by atoms with E-state index in [-0.39, 0.29) is 18.4 Å². The Labute approximate surface area is 241 Å². The van der Waals surface area contributed by atoms with Gasteiger partial charge in [-0.25, -0.2) is 9.78 Å². The minimum absolute atomic E-state index is 0.000963. The van der Waals surface area contributed by atoms with Gasteiger partial charge < -0.3 is 25.2 Å². The highest BCUT2D eigenvalue weighted by Gasteiger charge is 2.53. The van der Waals surface area contributed by atoms with Crippen molar-refractivity contribution in [3.63, 3.8) is 0 Å². The fraction of sp³-hybridized carbons (Fsp3) is 0.438. The first-order chi connectivity index (χ1) is 20.0. The summed E-state index contributed by atoms with van der Waals surface area (Å²) in [6.07, 6.45) is 3.39. The standard InChI is InChI=1S/C32H39N5O4/c1-2-20-37-29(38)27(14-8-9-19-33-31(40)41-23-24-10-4-3-5-11-24)35-30(39)32(37)17-21-36(22-18-32)28-16-15-25-12-6-7-13-26(25)34-28/h3-7,10-13,15-16,27H,2,8-9,14,17-23H2,1H3,(H,33,40)(H,35,39)/t27-/m0/s1. The van der Waals surface area contributed by atoms with E-state index < -0.39 is 17.7 Å². The maximum Gasteiger partial charge on any atom is 0.407 e. The maximum atomic E-state index is 13.6. The van der Waals surface area contributed by atoms with Crippen molar-refractivity contribution < 1.29 is 19.1 Å². The number of fused-ring (bicyclic) bond motifs is 1. The van der Waals surface area contributed by atoms with Crippen LogP contribution in [0.2, 0.25) is 0 Å². The van der Waals surface area contributed by atoms with E-state index in [1.807, 2.05) is 72.5 Å². The van der Waals surface area contributed by atoms with Crippen molar-refractivity contribution in [3.05, 3.63) is 72.3 Å². The van der Waals surface area contributed by atoms with Gasteiger partial charge in [-0.2, -0.15) is 0 Å². The first-order valence-corrected chi connectivity index (χ1v) is 14.7. The van der Waals surface area contributed by atoms with Crippen molar-refractivity contribution in [2.75, 3.05) is 31.1 Å². The summed E-state index contributed by atoms with van der Waals surface area (Å²) in [7, 11) is 0. The Hall–Kier alpha value is -4.14. The molecule has 3 heterocycles. The summed E-state index contributed by atoms with van der Waals surface area (Å²) in [5, 5.41) is 6.91. The normalized spacial score (nSPS) is 18.4. The number of unbranched alkanes of at least 4 members (excludes halogenated alkanes) is 1. The molecule has 2 N–H and O–H groups in total. The van der Waals surface area contributed by atoms with Crippen LogP contribution in [0.4, 0.5) is 10.6 Å². The van der Waals surface area contributed by atoms with Crippen LogP contribution in [0.5, 0.6) is 0 Å². The molecule has 41 heavy (non-hydrogen) atoms. The van der Waals surface area contributed by atoms with Gasteiger partial charge in [-0.1, -0.05) is 55.5 Å². The Bertz CT molecular complexity index is 1360. The van der Waals surface area contributed by atoms with E-state index in [9.17, 15) is 14.4 Å². The third kappa shape index (κ3) is 6.45. The summed E-state index contributed by atoms with van der Waals surface area (Å²) >= 11 is 0. The first kappa shape index (κ1) is 28.4. The number of amides is 3. The fourth-order valence-corrected chi connectivity index (χ4v) is 5.89. The van der Waals surface area contributed by atoms with Gasteiger partial charge in [0.25, 0.3) is 0 Å². The molecule has 0 aliphatic carbocycles. The van der Waals surface area contributed by atoms with Crippen molar-refractivity contribution in [2.24, 2.45) is 0 Å². The number of carbonyl (C=O) groups excluding carboxylic acids is 3. The lowest BCUT2D eigenvalue weighted by Gasteiger charge is -2.51. The Morgan fingerprint density at radius 1 is 1.02 bits per heavy atom. The fourth-order valence-electron chi connectivity index (χ4n) is 5.89. The minimum Gasteiger partial charge on any atom is -0.445 e. The van der Waals surface area contributed by atoms with Crippen LogP contribution in [0.15, 0.2) is 66.7 Å². The van der Waals surface area contributed by atoms with Crippen LogP contribution in [0.1, 0.15) is 51.0 Å². The van der Waals surface area contributed by atoms with Gasteiger partial charge in [0.2, 0.25) is 11.8 Å². The van der Waals surface area contributed by atoms with Gasteiger partial charge in [0, 0.05) is 31.6 Å². The van der Waals surface area contributed by atoms with Crippen LogP contribution in [-0.4, -0.2) is 65.6 Å². The second-order valence-corrected chi connectivity index (χ2v) is 10.9. The number of rotatable bonds is 10. The lowest BCUT2D eigenvalue weighted by molar-refractivity contribution is -0.159. The molecule has 1 atom stereocenters. The van der Waals surface area contributed by atoms with Gasteiger partial charge in [0.15, 0.2) is 0 Å². The number of nitrogens with one attached hydrogen (secondary N) is 2. The Morgan fingerprint density at radius 2 is 1.78 bits per heavy atom. The largest absolute Gasteiger partial charge is 0.445 e. The maximum absolute atomic E-state index is 13.6. The molecule has 1 aromatic heterocycles. The third-order valence-corrected chi connectivity index (χ3v) is 8.16. The van der Waals surface area contributed by atoms with Crippen molar-refractivity contribution in [1.29, 1.82) is 0 Å². The number of anilines is 1. The lowest BCUT2D eigenvalue weighted by atomic mass is 9.81. The van der Waals surface area contributed by atoms with Gasteiger partial charge in [0.05, 0.1) is 5.52 Å². The van der Waals surface area contributed by atoms with E-state index in [0.29, 0.717) is 58.3 Å². The summed E-state index contributed by atoms with van der Waals surface area (Å²) in [5.41, 5.74) is 1.06. The number of ether oxygens (including phenoxy) is 1. The number of hydrogen-bond acceptors (Lipinski definition) is 6. The van der Waals surface area contributed by atoms with Crippen LogP contribution in [0.25, 0.3) is 10.9 Å². The van der Waals surface area contributed by atoms with E-state index in [0.717, 1.165) is 28.7 Å². The highest BCUT2D eigenvalue weighted by atomic mass is 16.5. The SMILES string of the molecule is CCCN1C(=O)[C@H](CCCCNC(=O)OCc2ccccc2)NC(=O)C12CCN(c1ccc3ccccc3n1)CC2. The number of para-hydroxylation sites is 1. The van der Waals surface area contributed by atoms with Crippen LogP contribution in [0, 0.1) is 0 Å². The molecular weight excluding hydrogens is 518 g/mol. The molecule has 0 radical (unpaired) electrons. The average molecular weight is 558 g/mol. The predicted octanol–water partition coefficient (Wildman–Crippen LogP) is 4.41. The van der Waals surface area contributed by atoms with E-state index in [4.69, 9.17) is 9.72 Å². The number of aromatic nitrogens is 1. The molecule has 5 rings (SSSR count). The minimum atomic E-state index is -0.818. The molecule has 216 valence electrons. The summed E-state index contributed by atoms with van der Waals surface area (Å²) < 4.78 is 5.24. The molecule has 2 fully saturated rings. The molecule has 1 spiro atoms. The zero-order valence-electron chi connectivity index (χ0n) is 23.7. The van der Waals surface area contributed by atoms with Gasteiger partial charge in [-0.05, 0) is 62.3 Å². The van der Waals surface area contributed by atoms with Crippen LogP contribution in [-0.2, 0) is 20.9 Å². The van der Waals surface area contributed by atoms with Gasteiger partial charge in [-0.15, -0.1) is 0 Å². The zero-order valence-corrected chi connectivity index (χ0v) is 23.7. The third-order valence-electron chi connectivity index (χ3n) is 8.16. The number of nitrogens with zero attached hydrogens (tertiary/aromatic N) is 3. The summed E-state index contributed by atoms with van der Waals surface area (Å²) in [6.45, 7) is 4.58. The number of carbonyl (C=O) groups is 3. The second-order valence-electron chi connectivity index (χ2n) is 10.9. The number of hydrogen-bond donors (Lipinski definition) is 2. The molecule has 2 aliphatic rings. The summed E-state index contributed by atoms with van der Waals surface area (Å²) in [5.74, 6) is 0.849. The van der Waals surface area contributed by atoms with Gasteiger partial charge >= 0.3 is 6.09 Å². The topological polar surface area (TPSA) is 104 Å². The Balaban J connectivity index is 1.11. The molecular formula is C32H39N5O4. The van der Waals surface area contributed by atoms with Gasteiger partial charge in [-0.3, -0.25) is 9.59 Å². The zero-order chi connectivity index (χ0) is 28.7. The first-order valence-electron chi connectivity index (χ1n) is 14.7. The quantitative estimate of drug-likeness (QED) is 0.358. The molecule has 9 nitrogen and oxygen atoms in total. The van der Waals surface area contributed by atoms with Crippen molar-refractivity contribution in [3.8, 4) is 0 Å². The smallest absolute Gasteiger partial charge is 0.407 e. The molecule has 2 aromatic carbocycles. The van der Waals surface area contributed by atoms with Crippen molar-refractivity contribution >= 4 is 34.6 Å². The molecule has 3 aromatic rings. The number of pyridine rings is 1. The molecule has 0 saturated carbocycles. The van der Waals surface area contributed by atoms with E-state index >= 15 is 0 Å². The predicted molar refractivity (Wildman–Crippen MR) is 158 cm³/mol. The number of piperidine rings is 1. The monoisotopic (exact) mass is 557 g/mol. The van der Waals surface area contributed by atoms with Crippen molar-refractivity contribution in [1.82, 2.24) is 20.5 Å². The molecule has 2 saturated heterocycles. The van der Waals surface area contributed by atoms with E-state index in [1.54, 1.807) is 0 Å². The molecule has 0 unspecified atom stereocenters. The Kier molecular flexibility index (Phi) is 9.01. The highest BCUT2D eigenvalue weighted by Crippen LogP contribution is 2.35.